The summed E-state index contributed by atoms with van der Waals surface area (Å²) in [5, 5.41) is 17.1. The van der Waals surface area contributed by atoms with Crippen molar-refractivity contribution >= 4 is 17.8 Å². The third-order valence-corrected chi connectivity index (χ3v) is 8.27. The predicted molar refractivity (Wildman–Crippen MR) is 141 cm³/mol. The normalized spacial score (nSPS) is 26.7. The molecule has 0 unspecified atom stereocenters. The Labute approximate surface area is 213 Å². The van der Waals surface area contributed by atoms with E-state index in [1.807, 2.05) is 48.5 Å². The molecule has 1 atom stereocenters. The first-order valence-electron chi connectivity index (χ1n) is 13.2. The fraction of sp³-hybridized carbons (Fsp3) is 0.483. The van der Waals surface area contributed by atoms with E-state index in [1.165, 1.54) is 19.3 Å². The standard InChI is InChI=1S/C29H37N5O2/c30-26(31)24-8-4-7-20(14-24)15-25(27(35)32-10-9-19-5-2-1-3-6-19)33-28(36)34-29-16-21-11-22(17-29)13-23(12-21)18-29/h1-8,14,21-23,25H,9-13,15-18H2,(H3,30,31)(H,32,35)(H2,33,34,36)/t21?,22?,23?,25-,29?/m1/s1. The van der Waals surface area contributed by atoms with Crippen molar-refractivity contribution in [3.63, 3.8) is 0 Å². The number of hydrogen-bond acceptors (Lipinski definition) is 3. The Bertz CT molecular complexity index is 1080. The first-order valence-corrected chi connectivity index (χ1v) is 13.2. The number of nitrogens with two attached hydrogens (primary N) is 1. The smallest absolute Gasteiger partial charge is 0.315 e. The van der Waals surface area contributed by atoms with Crippen molar-refractivity contribution in [2.24, 2.45) is 23.5 Å². The number of benzene rings is 2. The molecule has 4 saturated carbocycles. The molecule has 190 valence electrons. The maximum absolute atomic E-state index is 13.2. The Morgan fingerprint density at radius 2 is 1.58 bits per heavy atom. The Morgan fingerprint density at radius 1 is 0.944 bits per heavy atom. The molecule has 0 radical (unpaired) electrons. The zero-order valence-corrected chi connectivity index (χ0v) is 20.8. The average Bonchev–Trinajstić information content (AvgIpc) is 2.83. The summed E-state index contributed by atoms with van der Waals surface area (Å²) in [5.41, 5.74) is 8.14. The van der Waals surface area contributed by atoms with Crippen LogP contribution in [0.2, 0.25) is 0 Å². The summed E-state index contributed by atoms with van der Waals surface area (Å²) in [4.78, 5) is 26.5. The molecule has 6 N–H and O–H groups in total. The van der Waals surface area contributed by atoms with E-state index in [0.29, 0.717) is 18.5 Å². The number of hydrogen-bond donors (Lipinski definition) is 5. The summed E-state index contributed by atoms with van der Waals surface area (Å²) in [5.74, 6) is 1.95. The lowest BCUT2D eigenvalue weighted by atomic mass is 9.53. The van der Waals surface area contributed by atoms with Crippen LogP contribution in [0.4, 0.5) is 4.79 Å². The van der Waals surface area contributed by atoms with Crippen molar-refractivity contribution in [1.82, 2.24) is 16.0 Å². The van der Waals surface area contributed by atoms with Crippen molar-refractivity contribution in [2.75, 3.05) is 6.54 Å². The first-order chi connectivity index (χ1) is 17.4. The molecule has 7 heteroatoms. The van der Waals surface area contributed by atoms with E-state index < -0.39 is 6.04 Å². The number of nitrogens with one attached hydrogen (secondary N) is 4. The van der Waals surface area contributed by atoms with Gasteiger partial charge >= 0.3 is 6.03 Å². The van der Waals surface area contributed by atoms with E-state index in [9.17, 15) is 9.59 Å². The van der Waals surface area contributed by atoms with Gasteiger partial charge in [0, 0.05) is 24.1 Å². The zero-order valence-electron chi connectivity index (χ0n) is 20.8. The molecule has 4 fully saturated rings. The maximum Gasteiger partial charge on any atom is 0.315 e. The Balaban J connectivity index is 1.25. The van der Waals surface area contributed by atoms with Crippen molar-refractivity contribution in [2.45, 2.75) is 62.9 Å². The largest absolute Gasteiger partial charge is 0.384 e. The summed E-state index contributed by atoms with van der Waals surface area (Å²) in [6.45, 7) is 0.491. The topological polar surface area (TPSA) is 120 Å². The summed E-state index contributed by atoms with van der Waals surface area (Å²) < 4.78 is 0. The molecule has 0 aliphatic heterocycles. The van der Waals surface area contributed by atoms with Crippen molar-refractivity contribution in [3.8, 4) is 0 Å². The van der Waals surface area contributed by atoms with Crippen LogP contribution in [0.25, 0.3) is 0 Å². The van der Waals surface area contributed by atoms with Crippen LogP contribution in [0, 0.1) is 23.2 Å². The maximum atomic E-state index is 13.2. The minimum atomic E-state index is -0.725. The SMILES string of the molecule is N=C(N)c1cccc(C[C@@H](NC(=O)NC23CC4CC(CC(C4)C2)C3)C(=O)NCCc2ccccc2)c1. The van der Waals surface area contributed by atoms with Gasteiger partial charge in [-0.3, -0.25) is 10.2 Å². The quantitative estimate of drug-likeness (QED) is 0.275. The van der Waals surface area contributed by atoms with Gasteiger partial charge in [-0.15, -0.1) is 0 Å². The molecule has 4 bridgehead atoms. The number of amides is 3. The highest BCUT2D eigenvalue weighted by Crippen LogP contribution is 2.55. The molecule has 0 saturated heterocycles. The van der Waals surface area contributed by atoms with E-state index in [4.69, 9.17) is 11.1 Å². The number of carbonyl (C=O) groups is 2. The van der Waals surface area contributed by atoms with E-state index in [0.717, 1.165) is 54.6 Å². The summed E-state index contributed by atoms with van der Waals surface area (Å²) >= 11 is 0. The van der Waals surface area contributed by atoms with Crippen LogP contribution in [0.5, 0.6) is 0 Å². The molecule has 36 heavy (non-hydrogen) atoms. The van der Waals surface area contributed by atoms with Gasteiger partial charge in [0.2, 0.25) is 5.91 Å². The number of nitrogen functional groups attached to an aromatic ring is 1. The first kappa shape index (κ1) is 24.3. The second kappa shape index (κ2) is 10.3. The Morgan fingerprint density at radius 3 is 2.22 bits per heavy atom. The van der Waals surface area contributed by atoms with Crippen LogP contribution in [-0.4, -0.2) is 35.9 Å². The van der Waals surface area contributed by atoms with Gasteiger partial charge in [-0.2, -0.15) is 0 Å². The number of rotatable bonds is 9. The second-order valence-corrected chi connectivity index (χ2v) is 11.2. The zero-order chi connectivity index (χ0) is 25.1. The van der Waals surface area contributed by atoms with Crippen LogP contribution in [0.15, 0.2) is 54.6 Å². The van der Waals surface area contributed by atoms with Gasteiger partial charge in [0.25, 0.3) is 0 Å². The molecule has 2 aromatic rings. The van der Waals surface area contributed by atoms with Gasteiger partial charge in [-0.25, -0.2) is 4.79 Å². The lowest BCUT2D eigenvalue weighted by Gasteiger charge is -2.56. The molecule has 4 aliphatic rings. The van der Waals surface area contributed by atoms with Crippen molar-refractivity contribution in [3.05, 3.63) is 71.3 Å². The lowest BCUT2D eigenvalue weighted by Crippen LogP contribution is -2.63. The highest BCUT2D eigenvalue weighted by molar-refractivity contribution is 5.95. The van der Waals surface area contributed by atoms with Gasteiger partial charge in [0.1, 0.15) is 11.9 Å². The van der Waals surface area contributed by atoms with Crippen LogP contribution in [0.1, 0.15) is 55.2 Å². The van der Waals surface area contributed by atoms with Gasteiger partial charge in [-0.1, -0.05) is 48.5 Å². The van der Waals surface area contributed by atoms with Crippen LogP contribution in [-0.2, 0) is 17.6 Å². The predicted octanol–water partition coefficient (Wildman–Crippen LogP) is 3.51. The number of amidine groups is 1. The van der Waals surface area contributed by atoms with E-state index in [2.05, 4.69) is 16.0 Å². The fourth-order valence-corrected chi connectivity index (χ4v) is 7.11. The summed E-state index contributed by atoms with van der Waals surface area (Å²) in [6.07, 6.45) is 8.14. The third kappa shape index (κ3) is 5.72. The molecule has 0 heterocycles. The molecule has 2 aromatic carbocycles. The summed E-state index contributed by atoms with van der Waals surface area (Å²) in [7, 11) is 0. The average molecular weight is 488 g/mol. The van der Waals surface area contributed by atoms with Crippen LogP contribution in [0.3, 0.4) is 0 Å². The van der Waals surface area contributed by atoms with Crippen LogP contribution >= 0.6 is 0 Å². The van der Waals surface area contributed by atoms with Gasteiger partial charge < -0.3 is 21.7 Å². The van der Waals surface area contributed by atoms with E-state index in [-0.39, 0.29) is 23.3 Å². The molecule has 3 amide bonds. The molecule has 0 aromatic heterocycles. The molecular weight excluding hydrogens is 450 g/mol. The van der Waals surface area contributed by atoms with Gasteiger partial charge in [0.05, 0.1) is 0 Å². The monoisotopic (exact) mass is 487 g/mol. The molecule has 0 spiro atoms. The fourth-order valence-electron chi connectivity index (χ4n) is 7.11. The molecule has 6 rings (SSSR count). The molecule has 4 aliphatic carbocycles. The highest BCUT2D eigenvalue weighted by atomic mass is 16.2. The number of urea groups is 1. The second-order valence-electron chi connectivity index (χ2n) is 11.2. The van der Waals surface area contributed by atoms with Crippen molar-refractivity contribution in [1.29, 1.82) is 5.41 Å². The van der Waals surface area contributed by atoms with E-state index >= 15 is 0 Å². The van der Waals surface area contributed by atoms with Crippen molar-refractivity contribution < 1.29 is 9.59 Å². The Kier molecular flexibility index (Phi) is 6.99. The third-order valence-electron chi connectivity index (χ3n) is 8.27. The number of carbonyl (C=O) groups excluding carboxylic acids is 2. The Hall–Kier alpha value is -3.35. The van der Waals surface area contributed by atoms with E-state index in [1.54, 1.807) is 6.07 Å². The van der Waals surface area contributed by atoms with Gasteiger partial charge in [0.15, 0.2) is 0 Å². The highest BCUT2D eigenvalue weighted by Gasteiger charge is 2.51. The minimum Gasteiger partial charge on any atom is -0.384 e. The van der Waals surface area contributed by atoms with Crippen LogP contribution < -0.4 is 21.7 Å². The molecule has 7 nitrogen and oxygen atoms in total. The minimum absolute atomic E-state index is 0.0202. The lowest BCUT2D eigenvalue weighted by molar-refractivity contribution is -0.122. The van der Waals surface area contributed by atoms with Gasteiger partial charge in [-0.05, 0) is 79.9 Å². The summed E-state index contributed by atoms with van der Waals surface area (Å²) in [6, 6.07) is 16.3. The molecular formula is C29H37N5O2.